The van der Waals surface area contributed by atoms with Crippen LogP contribution in [0.1, 0.15) is 11.1 Å². The Morgan fingerprint density at radius 3 is 2.43 bits per heavy atom. The number of carbonyl (C=O) groups is 3. The van der Waals surface area contributed by atoms with Crippen LogP contribution in [-0.4, -0.2) is 28.7 Å². The molecule has 3 amide bonds. The second-order valence-corrected chi connectivity index (χ2v) is 9.47. The molecule has 0 bridgehead atoms. The molecule has 2 saturated heterocycles. The number of rotatable bonds is 3. The van der Waals surface area contributed by atoms with E-state index >= 15 is 0 Å². The maximum atomic E-state index is 14.0. The first-order valence-electron chi connectivity index (χ1n) is 11.8. The number of carbonyl (C=O) groups excluding carboxylic acids is 3. The highest BCUT2D eigenvalue weighted by Crippen LogP contribution is 2.53. The van der Waals surface area contributed by atoms with Crippen LogP contribution in [0.15, 0.2) is 85.1 Å². The summed E-state index contributed by atoms with van der Waals surface area (Å²) in [7, 11) is 0. The summed E-state index contributed by atoms with van der Waals surface area (Å²) in [4.78, 5) is 46.0. The van der Waals surface area contributed by atoms with E-state index in [1.807, 2.05) is 60.8 Å². The number of nitrogens with one attached hydrogen (secondary N) is 3. The summed E-state index contributed by atoms with van der Waals surface area (Å²) in [5.41, 5.74) is 2.68. The van der Waals surface area contributed by atoms with E-state index in [0.29, 0.717) is 17.8 Å². The van der Waals surface area contributed by atoms with E-state index in [4.69, 9.17) is 0 Å². The number of H-pyrrole nitrogens is 1. The SMILES string of the molecule is O=C1[C@@H]2[C@H](Cc3c[nH]c4ccccc34)N[C@@]3(C(=O)Nc4ccccc43)[C@@H]2C(=O)N1c1ccccc1. The van der Waals surface area contributed by atoms with Gasteiger partial charge in [-0.1, -0.05) is 54.6 Å². The smallest absolute Gasteiger partial charge is 0.250 e. The number of anilines is 2. The van der Waals surface area contributed by atoms with Gasteiger partial charge in [-0.05, 0) is 36.2 Å². The first-order chi connectivity index (χ1) is 17.1. The molecular weight excluding hydrogens is 440 g/mol. The Balaban J connectivity index is 1.38. The molecule has 1 aromatic heterocycles. The fourth-order valence-corrected chi connectivity index (χ4v) is 6.30. The van der Waals surface area contributed by atoms with E-state index in [0.717, 1.165) is 22.0 Å². The molecule has 7 nitrogen and oxygen atoms in total. The molecule has 4 atom stereocenters. The Hall–Kier alpha value is -4.23. The Kier molecular flexibility index (Phi) is 4.11. The van der Waals surface area contributed by atoms with Crippen LogP contribution in [0.25, 0.3) is 10.9 Å². The number of benzene rings is 3. The molecule has 35 heavy (non-hydrogen) atoms. The van der Waals surface area contributed by atoms with Crippen LogP contribution in [0.3, 0.4) is 0 Å². The lowest BCUT2D eigenvalue weighted by Crippen LogP contribution is -2.53. The number of para-hydroxylation sites is 3. The van der Waals surface area contributed by atoms with E-state index in [1.54, 1.807) is 24.3 Å². The van der Waals surface area contributed by atoms with Crippen LogP contribution >= 0.6 is 0 Å². The minimum Gasteiger partial charge on any atom is -0.361 e. The molecule has 4 heterocycles. The van der Waals surface area contributed by atoms with Gasteiger partial charge in [-0.3, -0.25) is 19.7 Å². The molecule has 0 unspecified atom stereocenters. The largest absolute Gasteiger partial charge is 0.361 e. The minimum absolute atomic E-state index is 0.266. The van der Waals surface area contributed by atoms with Crippen molar-refractivity contribution in [3.05, 3.63) is 96.2 Å². The number of hydrogen-bond donors (Lipinski definition) is 3. The van der Waals surface area contributed by atoms with Gasteiger partial charge in [-0.25, -0.2) is 4.90 Å². The van der Waals surface area contributed by atoms with E-state index in [-0.39, 0.29) is 17.7 Å². The monoisotopic (exact) mass is 462 g/mol. The third-order valence-electron chi connectivity index (χ3n) is 7.75. The maximum absolute atomic E-state index is 14.0. The Morgan fingerprint density at radius 2 is 1.57 bits per heavy atom. The normalized spacial score (nSPS) is 27.0. The highest BCUT2D eigenvalue weighted by Gasteiger charge is 2.70. The second kappa shape index (κ2) is 7.13. The molecule has 1 spiro atoms. The van der Waals surface area contributed by atoms with Crippen LogP contribution in [0.4, 0.5) is 11.4 Å². The van der Waals surface area contributed by atoms with Crippen molar-refractivity contribution in [2.45, 2.75) is 18.0 Å². The molecule has 0 saturated carbocycles. The third-order valence-corrected chi connectivity index (χ3v) is 7.75. The van der Waals surface area contributed by atoms with E-state index in [2.05, 4.69) is 15.6 Å². The van der Waals surface area contributed by atoms with E-state index < -0.39 is 23.4 Å². The highest BCUT2D eigenvalue weighted by molar-refractivity contribution is 6.25. The molecule has 4 aromatic rings. The predicted octanol–water partition coefficient (Wildman–Crippen LogP) is 3.34. The number of fused-ring (bicyclic) bond motifs is 5. The molecule has 7 rings (SSSR count). The van der Waals surface area contributed by atoms with E-state index in [1.165, 1.54) is 4.90 Å². The van der Waals surface area contributed by atoms with Crippen LogP contribution < -0.4 is 15.5 Å². The number of aromatic nitrogens is 1. The zero-order valence-corrected chi connectivity index (χ0v) is 18.7. The molecule has 2 fully saturated rings. The van der Waals surface area contributed by atoms with Crippen molar-refractivity contribution in [1.29, 1.82) is 0 Å². The maximum Gasteiger partial charge on any atom is 0.250 e. The lowest BCUT2D eigenvalue weighted by molar-refractivity contribution is -0.130. The first kappa shape index (κ1) is 20.2. The zero-order valence-electron chi connectivity index (χ0n) is 18.7. The molecule has 3 N–H and O–H groups in total. The van der Waals surface area contributed by atoms with Gasteiger partial charge < -0.3 is 10.3 Å². The molecule has 3 aromatic carbocycles. The standard InChI is InChI=1S/C28H22N4O3/c33-25-23-22(14-16-15-29-20-12-6-4-10-18(16)20)31-28(19-11-5-7-13-21(19)30-27(28)35)24(23)26(34)32(25)17-8-2-1-3-9-17/h1-13,15,22-24,29,31H,14H2,(H,30,35)/t22-,23+,24-,28+/m0/s1. The van der Waals surface area contributed by atoms with Crippen molar-refractivity contribution in [1.82, 2.24) is 10.3 Å². The zero-order chi connectivity index (χ0) is 23.7. The van der Waals surface area contributed by atoms with Gasteiger partial charge in [0, 0.05) is 34.4 Å². The predicted molar refractivity (Wildman–Crippen MR) is 132 cm³/mol. The summed E-state index contributed by atoms with van der Waals surface area (Å²) in [6, 6.07) is 24.0. The number of hydrogen-bond acceptors (Lipinski definition) is 4. The van der Waals surface area contributed by atoms with Crippen molar-refractivity contribution >= 4 is 40.0 Å². The van der Waals surface area contributed by atoms with Crippen LogP contribution in [0.5, 0.6) is 0 Å². The summed E-state index contributed by atoms with van der Waals surface area (Å²) in [5, 5.41) is 7.54. The molecular formula is C28H22N4O3. The van der Waals surface area contributed by atoms with Gasteiger partial charge >= 0.3 is 0 Å². The minimum atomic E-state index is -1.30. The van der Waals surface area contributed by atoms with Gasteiger partial charge in [0.15, 0.2) is 0 Å². The van der Waals surface area contributed by atoms with Crippen molar-refractivity contribution in [2.75, 3.05) is 10.2 Å². The summed E-state index contributed by atoms with van der Waals surface area (Å²) >= 11 is 0. The number of aromatic amines is 1. The third kappa shape index (κ3) is 2.61. The van der Waals surface area contributed by atoms with Crippen LogP contribution in [0, 0.1) is 11.8 Å². The number of amides is 3. The molecule has 3 aliphatic rings. The molecule has 0 radical (unpaired) electrons. The highest BCUT2D eigenvalue weighted by atomic mass is 16.2. The van der Waals surface area contributed by atoms with Gasteiger partial charge in [0.05, 0.1) is 17.5 Å². The van der Waals surface area contributed by atoms with Crippen LogP contribution in [0.2, 0.25) is 0 Å². The number of nitrogens with zero attached hydrogens (tertiary/aromatic N) is 1. The lowest BCUT2D eigenvalue weighted by Gasteiger charge is -2.29. The van der Waals surface area contributed by atoms with E-state index in [9.17, 15) is 14.4 Å². The van der Waals surface area contributed by atoms with Crippen molar-refractivity contribution in [2.24, 2.45) is 11.8 Å². The van der Waals surface area contributed by atoms with Gasteiger partial charge in [-0.2, -0.15) is 0 Å². The molecule has 0 aliphatic carbocycles. The summed E-state index contributed by atoms with van der Waals surface area (Å²) < 4.78 is 0. The fraction of sp³-hybridized carbons (Fsp3) is 0.179. The van der Waals surface area contributed by atoms with Gasteiger partial charge in [0.25, 0.3) is 0 Å². The first-order valence-corrected chi connectivity index (χ1v) is 11.8. The van der Waals surface area contributed by atoms with Gasteiger partial charge in [0.2, 0.25) is 17.7 Å². The lowest BCUT2D eigenvalue weighted by atomic mass is 9.76. The van der Waals surface area contributed by atoms with Crippen LogP contribution in [-0.2, 0) is 26.3 Å². The average molecular weight is 463 g/mol. The van der Waals surface area contributed by atoms with Gasteiger partial charge in [0.1, 0.15) is 5.54 Å². The topological polar surface area (TPSA) is 94.3 Å². The average Bonchev–Trinajstić information content (AvgIpc) is 3.59. The van der Waals surface area contributed by atoms with Crippen molar-refractivity contribution in [3.8, 4) is 0 Å². The molecule has 3 aliphatic heterocycles. The summed E-state index contributed by atoms with van der Waals surface area (Å²) in [6.45, 7) is 0. The summed E-state index contributed by atoms with van der Waals surface area (Å²) in [6.07, 6.45) is 2.45. The Morgan fingerprint density at radius 1 is 0.829 bits per heavy atom. The van der Waals surface area contributed by atoms with Crippen molar-refractivity contribution in [3.63, 3.8) is 0 Å². The van der Waals surface area contributed by atoms with Crippen molar-refractivity contribution < 1.29 is 14.4 Å². The molecule has 172 valence electrons. The van der Waals surface area contributed by atoms with Gasteiger partial charge in [-0.15, -0.1) is 0 Å². The number of imide groups is 1. The Bertz CT molecular complexity index is 1530. The molecule has 7 heteroatoms. The Labute approximate surface area is 201 Å². The second-order valence-electron chi connectivity index (χ2n) is 9.47. The fourth-order valence-electron chi connectivity index (χ4n) is 6.30. The quantitative estimate of drug-likeness (QED) is 0.407. The summed E-state index contributed by atoms with van der Waals surface area (Å²) in [5.74, 6) is -2.40.